The van der Waals surface area contributed by atoms with E-state index in [0.29, 0.717) is 21.9 Å². The molecule has 6 nitrogen and oxygen atoms in total. The fraction of sp³-hybridized carbons (Fsp3) is 0.318. The Morgan fingerprint density at radius 1 is 1.28 bits per heavy atom. The zero-order valence-electron chi connectivity index (χ0n) is 16.4. The molecule has 7 heteroatoms. The summed E-state index contributed by atoms with van der Waals surface area (Å²) in [5, 5.41) is 12.7. The number of amides is 1. The SMILES string of the molecule is CCOC(=O)c1c(NC(=O)/C(C#N)=C/c2ccccc2OC)sc2c1CCCC2. The lowest BCUT2D eigenvalue weighted by molar-refractivity contribution is -0.112. The first-order valence-corrected chi connectivity index (χ1v) is 10.3. The zero-order valence-corrected chi connectivity index (χ0v) is 17.2. The molecule has 2 aromatic rings. The minimum atomic E-state index is -0.567. The van der Waals surface area contributed by atoms with E-state index in [2.05, 4.69) is 5.32 Å². The van der Waals surface area contributed by atoms with Crippen molar-refractivity contribution in [1.82, 2.24) is 0 Å². The van der Waals surface area contributed by atoms with Crippen molar-refractivity contribution in [3.63, 3.8) is 0 Å². The number of methoxy groups -OCH3 is 1. The maximum Gasteiger partial charge on any atom is 0.341 e. The van der Waals surface area contributed by atoms with Crippen molar-refractivity contribution < 1.29 is 19.1 Å². The first-order valence-electron chi connectivity index (χ1n) is 9.46. The number of esters is 1. The maximum absolute atomic E-state index is 12.8. The molecule has 0 atom stereocenters. The average Bonchev–Trinajstić information content (AvgIpc) is 3.10. The van der Waals surface area contributed by atoms with E-state index in [-0.39, 0.29) is 12.2 Å². The molecule has 0 aliphatic heterocycles. The lowest BCUT2D eigenvalue weighted by Crippen LogP contribution is -2.16. The Morgan fingerprint density at radius 3 is 2.76 bits per heavy atom. The van der Waals surface area contributed by atoms with Gasteiger partial charge in [0.15, 0.2) is 0 Å². The molecular weight excluding hydrogens is 388 g/mol. The van der Waals surface area contributed by atoms with E-state index in [1.54, 1.807) is 25.1 Å². The molecular formula is C22H22N2O4S. The highest BCUT2D eigenvalue weighted by atomic mass is 32.1. The Balaban J connectivity index is 1.93. The van der Waals surface area contributed by atoms with E-state index in [1.165, 1.54) is 24.5 Å². The van der Waals surface area contributed by atoms with Crippen molar-refractivity contribution in [3.8, 4) is 11.8 Å². The second-order valence-electron chi connectivity index (χ2n) is 6.50. The van der Waals surface area contributed by atoms with Crippen LogP contribution >= 0.6 is 11.3 Å². The monoisotopic (exact) mass is 410 g/mol. The highest BCUT2D eigenvalue weighted by molar-refractivity contribution is 7.17. The van der Waals surface area contributed by atoms with E-state index in [1.807, 2.05) is 12.1 Å². The number of hydrogen-bond acceptors (Lipinski definition) is 6. The molecule has 1 aromatic heterocycles. The van der Waals surface area contributed by atoms with Gasteiger partial charge in [-0.05, 0) is 50.3 Å². The summed E-state index contributed by atoms with van der Waals surface area (Å²) < 4.78 is 10.5. The summed E-state index contributed by atoms with van der Waals surface area (Å²) in [6.45, 7) is 2.01. The number of para-hydroxylation sites is 1. The smallest absolute Gasteiger partial charge is 0.341 e. The van der Waals surface area contributed by atoms with E-state index >= 15 is 0 Å². The van der Waals surface area contributed by atoms with Gasteiger partial charge in [0, 0.05) is 10.4 Å². The fourth-order valence-corrected chi connectivity index (χ4v) is 4.61. The standard InChI is InChI=1S/C22H22N2O4S/c1-3-28-22(26)19-16-9-5-7-11-18(16)29-21(19)24-20(25)15(13-23)12-14-8-4-6-10-17(14)27-2/h4,6,8,10,12H,3,5,7,9,11H2,1-2H3,(H,24,25)/b15-12+. The molecule has 0 radical (unpaired) electrons. The van der Waals surface area contributed by atoms with Gasteiger partial charge in [0.1, 0.15) is 22.4 Å². The van der Waals surface area contributed by atoms with Crippen molar-refractivity contribution in [2.75, 3.05) is 19.0 Å². The van der Waals surface area contributed by atoms with Crippen LogP contribution in [0.3, 0.4) is 0 Å². The lowest BCUT2D eigenvalue weighted by Gasteiger charge is -2.12. The summed E-state index contributed by atoms with van der Waals surface area (Å²) in [4.78, 5) is 26.4. The number of carbonyl (C=O) groups excluding carboxylic acids is 2. The van der Waals surface area contributed by atoms with Crippen LogP contribution in [0, 0.1) is 11.3 Å². The molecule has 0 fully saturated rings. The number of hydrogen-bond donors (Lipinski definition) is 1. The maximum atomic E-state index is 12.8. The highest BCUT2D eigenvalue weighted by Gasteiger charge is 2.27. The van der Waals surface area contributed by atoms with Gasteiger partial charge in [-0.1, -0.05) is 18.2 Å². The predicted octanol–water partition coefficient (Wildman–Crippen LogP) is 4.36. The third-order valence-electron chi connectivity index (χ3n) is 4.68. The number of aryl methyl sites for hydroxylation is 1. The molecule has 0 unspecified atom stereocenters. The molecule has 150 valence electrons. The van der Waals surface area contributed by atoms with Crippen LogP contribution in [0.5, 0.6) is 5.75 Å². The third kappa shape index (κ3) is 4.49. The summed E-state index contributed by atoms with van der Waals surface area (Å²) in [5.74, 6) is -0.441. The van der Waals surface area contributed by atoms with Crippen LogP contribution in [0.15, 0.2) is 29.8 Å². The number of nitrogens with one attached hydrogen (secondary N) is 1. The number of carbonyl (C=O) groups is 2. The Morgan fingerprint density at radius 2 is 2.03 bits per heavy atom. The van der Waals surface area contributed by atoms with Gasteiger partial charge in [-0.15, -0.1) is 11.3 Å². The molecule has 0 saturated heterocycles. The Bertz CT molecular complexity index is 1000. The zero-order chi connectivity index (χ0) is 20.8. The number of fused-ring (bicyclic) bond motifs is 1. The number of nitrogens with zero attached hydrogens (tertiary/aromatic N) is 1. The van der Waals surface area contributed by atoms with Crippen molar-refractivity contribution >= 4 is 34.3 Å². The Kier molecular flexibility index (Phi) is 6.68. The summed E-state index contributed by atoms with van der Waals surface area (Å²) >= 11 is 1.39. The summed E-state index contributed by atoms with van der Waals surface area (Å²) in [6, 6.07) is 9.06. The highest BCUT2D eigenvalue weighted by Crippen LogP contribution is 2.38. The molecule has 1 amide bonds. The molecule has 1 aliphatic rings. The normalized spacial score (nSPS) is 13.2. The van der Waals surface area contributed by atoms with Gasteiger partial charge in [0.25, 0.3) is 5.91 Å². The van der Waals surface area contributed by atoms with Crippen molar-refractivity contribution in [1.29, 1.82) is 5.26 Å². The number of thiophene rings is 1. The van der Waals surface area contributed by atoms with Gasteiger partial charge < -0.3 is 14.8 Å². The molecule has 1 aliphatic carbocycles. The molecule has 3 rings (SSSR count). The minimum absolute atomic E-state index is 0.0734. The van der Waals surface area contributed by atoms with Crippen molar-refractivity contribution in [2.24, 2.45) is 0 Å². The molecule has 0 saturated carbocycles. The van der Waals surface area contributed by atoms with Crippen LogP contribution < -0.4 is 10.1 Å². The van der Waals surface area contributed by atoms with Crippen molar-refractivity contribution in [2.45, 2.75) is 32.6 Å². The Labute approximate surface area is 173 Å². The summed E-state index contributed by atoms with van der Waals surface area (Å²) in [6.07, 6.45) is 5.20. The number of benzene rings is 1. The van der Waals surface area contributed by atoms with Gasteiger partial charge in [-0.25, -0.2) is 4.79 Å². The quantitative estimate of drug-likeness (QED) is 0.434. The van der Waals surface area contributed by atoms with Gasteiger partial charge in [0.2, 0.25) is 0 Å². The summed E-state index contributed by atoms with van der Waals surface area (Å²) in [5.41, 5.74) is 1.94. The van der Waals surface area contributed by atoms with E-state index in [4.69, 9.17) is 9.47 Å². The number of ether oxygens (including phenoxy) is 2. The van der Waals surface area contributed by atoms with E-state index in [9.17, 15) is 14.9 Å². The molecule has 1 N–H and O–H groups in total. The van der Waals surface area contributed by atoms with Crippen LogP contribution in [0.2, 0.25) is 0 Å². The van der Waals surface area contributed by atoms with Gasteiger partial charge in [-0.2, -0.15) is 5.26 Å². The molecule has 1 aromatic carbocycles. The average molecular weight is 410 g/mol. The van der Waals surface area contributed by atoms with Crippen LogP contribution in [0.4, 0.5) is 5.00 Å². The predicted molar refractivity (Wildman–Crippen MR) is 112 cm³/mol. The van der Waals surface area contributed by atoms with Crippen LogP contribution in [-0.2, 0) is 22.4 Å². The molecule has 0 bridgehead atoms. The minimum Gasteiger partial charge on any atom is -0.496 e. The largest absolute Gasteiger partial charge is 0.496 e. The van der Waals surface area contributed by atoms with E-state index < -0.39 is 11.9 Å². The Hall–Kier alpha value is -3.11. The first-order chi connectivity index (χ1) is 14.1. The van der Waals surface area contributed by atoms with Crippen LogP contribution in [0.1, 0.15) is 46.1 Å². The van der Waals surface area contributed by atoms with Gasteiger partial charge in [-0.3, -0.25) is 4.79 Å². The van der Waals surface area contributed by atoms with Gasteiger partial charge >= 0.3 is 5.97 Å². The third-order valence-corrected chi connectivity index (χ3v) is 5.89. The van der Waals surface area contributed by atoms with E-state index in [0.717, 1.165) is 36.1 Å². The van der Waals surface area contributed by atoms with Crippen LogP contribution in [0.25, 0.3) is 6.08 Å². The number of nitriles is 1. The molecule has 1 heterocycles. The topological polar surface area (TPSA) is 88.4 Å². The second-order valence-corrected chi connectivity index (χ2v) is 7.61. The molecule has 29 heavy (non-hydrogen) atoms. The molecule has 0 spiro atoms. The number of anilines is 1. The fourth-order valence-electron chi connectivity index (χ4n) is 3.33. The second kappa shape index (κ2) is 9.39. The summed E-state index contributed by atoms with van der Waals surface area (Å²) in [7, 11) is 1.53. The van der Waals surface area contributed by atoms with Crippen LogP contribution in [-0.4, -0.2) is 25.6 Å². The lowest BCUT2D eigenvalue weighted by atomic mass is 9.95. The van der Waals surface area contributed by atoms with Crippen molar-refractivity contribution in [3.05, 3.63) is 51.4 Å². The number of rotatable bonds is 6. The first kappa shape index (κ1) is 20.6. The van der Waals surface area contributed by atoms with Gasteiger partial charge in [0.05, 0.1) is 19.3 Å².